The van der Waals surface area contributed by atoms with Crippen LogP contribution in [0.15, 0.2) is 42.4 Å². The third kappa shape index (κ3) is 2.53. The first-order valence-electron chi connectivity index (χ1n) is 4.78. The molecule has 2 heterocycles. The summed E-state index contributed by atoms with van der Waals surface area (Å²) in [5.74, 6) is -0.533. The van der Waals surface area contributed by atoms with Crippen LogP contribution in [0, 0.1) is 0 Å². The van der Waals surface area contributed by atoms with Gasteiger partial charge in [-0.05, 0) is 30.3 Å². The molecule has 0 spiro atoms. The highest BCUT2D eigenvalue weighted by Gasteiger charge is 2.02. The monoisotopic (exact) mass is 235 g/mol. The van der Waals surface area contributed by atoms with E-state index >= 15 is 0 Å². The van der Waals surface area contributed by atoms with Gasteiger partial charge >= 0.3 is 0 Å². The van der Waals surface area contributed by atoms with Crippen molar-refractivity contribution in [3.8, 4) is 10.6 Å². The van der Waals surface area contributed by atoms with Gasteiger partial charge in [-0.25, -0.2) is 4.39 Å². The van der Waals surface area contributed by atoms with E-state index in [-0.39, 0.29) is 0 Å². The highest BCUT2D eigenvalue weighted by atomic mass is 32.1. The largest absolute Gasteiger partial charge is 0.389 e. The molecule has 4 heteroatoms. The van der Waals surface area contributed by atoms with Gasteiger partial charge in [0, 0.05) is 11.1 Å². The number of halogens is 1. The molecule has 0 aliphatic rings. The average Bonchev–Trinajstić information content (AvgIpc) is 2.78. The molecular weight excluding hydrogens is 225 g/mol. The third-order valence-corrected chi connectivity index (χ3v) is 3.05. The minimum atomic E-state index is -0.559. The predicted octanol–water partition coefficient (Wildman–Crippen LogP) is 3.11. The van der Waals surface area contributed by atoms with Crippen molar-refractivity contribution < 1.29 is 9.50 Å². The van der Waals surface area contributed by atoms with Crippen molar-refractivity contribution in [3.05, 3.63) is 47.2 Å². The molecule has 0 aliphatic carbocycles. The van der Waals surface area contributed by atoms with E-state index in [4.69, 9.17) is 5.11 Å². The van der Waals surface area contributed by atoms with Gasteiger partial charge in [0.15, 0.2) is 0 Å². The Balaban J connectivity index is 2.27. The van der Waals surface area contributed by atoms with E-state index in [2.05, 4.69) is 4.98 Å². The molecule has 2 nitrogen and oxygen atoms in total. The van der Waals surface area contributed by atoms with E-state index < -0.39 is 12.4 Å². The topological polar surface area (TPSA) is 33.1 Å². The van der Waals surface area contributed by atoms with Crippen molar-refractivity contribution in [2.45, 2.75) is 0 Å². The molecule has 2 aromatic rings. The van der Waals surface area contributed by atoms with E-state index in [1.165, 1.54) is 17.4 Å². The van der Waals surface area contributed by atoms with Crippen LogP contribution in [0.1, 0.15) is 4.88 Å². The van der Waals surface area contributed by atoms with Gasteiger partial charge in [0.1, 0.15) is 5.83 Å². The Bertz CT molecular complexity index is 493. The highest BCUT2D eigenvalue weighted by molar-refractivity contribution is 7.16. The lowest BCUT2D eigenvalue weighted by Gasteiger charge is -1.93. The minimum absolute atomic E-state index is 0.533. The number of rotatable bonds is 3. The molecule has 82 valence electrons. The van der Waals surface area contributed by atoms with Gasteiger partial charge in [-0.1, -0.05) is 6.07 Å². The van der Waals surface area contributed by atoms with Gasteiger partial charge in [0.25, 0.3) is 0 Å². The minimum Gasteiger partial charge on any atom is -0.389 e. The zero-order valence-electron chi connectivity index (χ0n) is 8.43. The number of aliphatic hydroxyl groups excluding tert-OH is 1. The van der Waals surface area contributed by atoms with Gasteiger partial charge in [0.05, 0.1) is 17.2 Å². The van der Waals surface area contributed by atoms with Crippen molar-refractivity contribution in [1.82, 2.24) is 4.98 Å². The van der Waals surface area contributed by atoms with Crippen molar-refractivity contribution in [2.24, 2.45) is 0 Å². The number of thiophene rings is 1. The standard InChI is InChI=1S/C12H10FNOS/c13-9(8-15)7-10-4-5-12(16-10)11-3-1-2-6-14-11/h1-7,15H,8H2/b9-7-. The first-order valence-corrected chi connectivity index (χ1v) is 5.59. The fourth-order valence-electron chi connectivity index (χ4n) is 1.28. The number of nitrogens with zero attached hydrogens (tertiary/aromatic N) is 1. The van der Waals surface area contributed by atoms with E-state index in [1.807, 2.05) is 30.3 Å². The summed E-state index contributed by atoms with van der Waals surface area (Å²) in [4.78, 5) is 5.96. The molecule has 0 aromatic carbocycles. The zero-order chi connectivity index (χ0) is 11.4. The normalized spacial score (nSPS) is 11.8. The van der Waals surface area contributed by atoms with Crippen LogP contribution in [0.5, 0.6) is 0 Å². The summed E-state index contributed by atoms with van der Waals surface area (Å²) in [5, 5.41) is 8.57. The highest BCUT2D eigenvalue weighted by Crippen LogP contribution is 2.27. The molecule has 0 amide bonds. The Hall–Kier alpha value is -1.52. The second-order valence-corrected chi connectivity index (χ2v) is 4.28. The van der Waals surface area contributed by atoms with E-state index in [9.17, 15) is 4.39 Å². The van der Waals surface area contributed by atoms with E-state index in [0.717, 1.165) is 15.4 Å². The number of aromatic nitrogens is 1. The SMILES string of the molecule is OC/C(F)=C/c1ccc(-c2ccccn2)s1. The fraction of sp³-hybridized carbons (Fsp3) is 0.0833. The molecule has 0 unspecified atom stereocenters. The maximum absolute atomic E-state index is 12.8. The first-order chi connectivity index (χ1) is 7.79. The van der Waals surface area contributed by atoms with Crippen molar-refractivity contribution >= 4 is 17.4 Å². The van der Waals surface area contributed by atoms with Crippen LogP contribution in [-0.4, -0.2) is 16.7 Å². The zero-order valence-corrected chi connectivity index (χ0v) is 9.25. The quantitative estimate of drug-likeness (QED) is 0.886. The molecule has 0 fully saturated rings. The summed E-state index contributed by atoms with van der Waals surface area (Å²) in [6.45, 7) is -0.559. The van der Waals surface area contributed by atoms with Crippen LogP contribution >= 0.6 is 11.3 Å². The molecule has 0 saturated carbocycles. The summed E-state index contributed by atoms with van der Waals surface area (Å²) in [7, 11) is 0. The molecule has 1 N–H and O–H groups in total. The van der Waals surface area contributed by atoms with Gasteiger partial charge in [0.2, 0.25) is 0 Å². The number of aliphatic hydroxyl groups is 1. The lowest BCUT2D eigenvalue weighted by molar-refractivity contribution is 0.300. The Morgan fingerprint density at radius 2 is 2.25 bits per heavy atom. The Morgan fingerprint density at radius 3 is 2.94 bits per heavy atom. The van der Waals surface area contributed by atoms with Crippen LogP contribution in [0.25, 0.3) is 16.6 Å². The Labute approximate surface area is 96.7 Å². The fourth-order valence-corrected chi connectivity index (χ4v) is 2.21. The maximum atomic E-state index is 12.8. The van der Waals surface area contributed by atoms with Crippen LogP contribution in [0.4, 0.5) is 4.39 Å². The number of hydrogen-bond donors (Lipinski definition) is 1. The summed E-state index contributed by atoms with van der Waals surface area (Å²) in [6.07, 6.45) is 3.05. The summed E-state index contributed by atoms with van der Waals surface area (Å²) < 4.78 is 12.8. The summed E-state index contributed by atoms with van der Waals surface area (Å²) in [6, 6.07) is 9.37. The van der Waals surface area contributed by atoms with Gasteiger partial charge in [-0.2, -0.15) is 0 Å². The molecule has 0 radical (unpaired) electrons. The molecule has 16 heavy (non-hydrogen) atoms. The first kappa shape index (κ1) is 11.0. The summed E-state index contributed by atoms with van der Waals surface area (Å²) in [5.41, 5.74) is 0.872. The molecular formula is C12H10FNOS. The van der Waals surface area contributed by atoms with Gasteiger partial charge in [-0.3, -0.25) is 4.98 Å². The number of pyridine rings is 1. The molecule has 0 bridgehead atoms. The van der Waals surface area contributed by atoms with Crippen molar-refractivity contribution in [2.75, 3.05) is 6.61 Å². The molecule has 2 aromatic heterocycles. The number of hydrogen-bond acceptors (Lipinski definition) is 3. The lowest BCUT2D eigenvalue weighted by Crippen LogP contribution is -1.79. The Morgan fingerprint density at radius 1 is 1.38 bits per heavy atom. The molecule has 0 aliphatic heterocycles. The van der Waals surface area contributed by atoms with Gasteiger partial charge in [-0.15, -0.1) is 11.3 Å². The average molecular weight is 235 g/mol. The Kier molecular flexibility index (Phi) is 3.44. The predicted molar refractivity (Wildman–Crippen MR) is 63.7 cm³/mol. The van der Waals surface area contributed by atoms with Crippen LogP contribution < -0.4 is 0 Å². The van der Waals surface area contributed by atoms with E-state index in [0.29, 0.717) is 0 Å². The maximum Gasteiger partial charge on any atom is 0.127 e. The second kappa shape index (κ2) is 5.01. The van der Waals surface area contributed by atoms with Gasteiger partial charge < -0.3 is 5.11 Å². The van der Waals surface area contributed by atoms with E-state index in [1.54, 1.807) is 6.20 Å². The lowest BCUT2D eigenvalue weighted by atomic mass is 10.3. The molecule has 0 saturated heterocycles. The van der Waals surface area contributed by atoms with Crippen LogP contribution in [-0.2, 0) is 0 Å². The van der Waals surface area contributed by atoms with Crippen molar-refractivity contribution in [1.29, 1.82) is 0 Å². The molecule has 2 rings (SSSR count). The van der Waals surface area contributed by atoms with Crippen LogP contribution in [0.2, 0.25) is 0 Å². The smallest absolute Gasteiger partial charge is 0.127 e. The van der Waals surface area contributed by atoms with Crippen molar-refractivity contribution in [3.63, 3.8) is 0 Å². The second-order valence-electron chi connectivity index (χ2n) is 3.17. The van der Waals surface area contributed by atoms with Crippen LogP contribution in [0.3, 0.4) is 0 Å². The summed E-state index contributed by atoms with van der Waals surface area (Å²) >= 11 is 1.44. The third-order valence-electron chi connectivity index (χ3n) is 1.99. The molecule has 0 atom stereocenters.